The van der Waals surface area contributed by atoms with E-state index in [1.807, 2.05) is 34.7 Å². The van der Waals surface area contributed by atoms with Crippen LogP contribution in [-0.2, 0) is 24.2 Å². The van der Waals surface area contributed by atoms with Gasteiger partial charge in [0.15, 0.2) is 6.61 Å². The molecule has 1 unspecified atom stereocenters. The molecule has 1 atom stereocenters. The first-order valence-electron chi connectivity index (χ1n) is 10.6. The smallest absolute Gasteiger partial charge is 0.339 e. The second-order valence-electron chi connectivity index (χ2n) is 8.20. The van der Waals surface area contributed by atoms with Crippen LogP contribution in [0.5, 0.6) is 5.75 Å². The topological polar surface area (TPSA) is 77.6 Å². The predicted molar refractivity (Wildman–Crippen MR) is 112 cm³/mol. The molecule has 0 saturated carbocycles. The van der Waals surface area contributed by atoms with Gasteiger partial charge in [-0.1, -0.05) is 0 Å². The van der Waals surface area contributed by atoms with Crippen LogP contribution < -0.4 is 10.4 Å². The second kappa shape index (κ2) is 7.63. The fraction of sp³-hybridized carbons (Fsp3) is 0.435. The first kappa shape index (κ1) is 18.9. The van der Waals surface area contributed by atoms with Gasteiger partial charge in [0, 0.05) is 48.0 Å². The molecule has 7 nitrogen and oxygen atoms in total. The third-order valence-electron chi connectivity index (χ3n) is 6.37. The number of hydrogen-bond donors (Lipinski definition) is 0. The van der Waals surface area contributed by atoms with Gasteiger partial charge in [-0.15, -0.1) is 0 Å². The van der Waals surface area contributed by atoms with Gasteiger partial charge in [0.2, 0.25) is 0 Å². The number of aromatic nitrogens is 2. The molecule has 156 valence electrons. The van der Waals surface area contributed by atoms with Crippen molar-refractivity contribution in [3.63, 3.8) is 0 Å². The predicted octanol–water partition coefficient (Wildman–Crippen LogP) is 2.86. The largest absolute Gasteiger partial charge is 0.483 e. The summed E-state index contributed by atoms with van der Waals surface area (Å²) >= 11 is 0. The number of carbonyl (C=O) groups is 1. The fourth-order valence-electron chi connectivity index (χ4n) is 4.83. The van der Waals surface area contributed by atoms with Crippen LogP contribution in [-0.4, -0.2) is 39.6 Å². The van der Waals surface area contributed by atoms with E-state index in [9.17, 15) is 9.59 Å². The summed E-state index contributed by atoms with van der Waals surface area (Å²) in [6.45, 7) is 3.35. The van der Waals surface area contributed by atoms with Crippen LogP contribution in [0.2, 0.25) is 0 Å². The van der Waals surface area contributed by atoms with Crippen molar-refractivity contribution >= 4 is 16.9 Å². The molecule has 1 amide bonds. The lowest BCUT2D eigenvalue weighted by Gasteiger charge is -2.25. The van der Waals surface area contributed by atoms with Gasteiger partial charge in [0.05, 0.1) is 6.33 Å². The molecule has 0 bridgehead atoms. The van der Waals surface area contributed by atoms with E-state index in [1.54, 1.807) is 12.5 Å². The summed E-state index contributed by atoms with van der Waals surface area (Å²) in [5.41, 5.74) is 3.01. The molecule has 3 heterocycles. The Hall–Kier alpha value is -3.09. The Morgan fingerprint density at radius 2 is 2.13 bits per heavy atom. The van der Waals surface area contributed by atoms with Crippen molar-refractivity contribution in [2.45, 2.75) is 51.6 Å². The van der Waals surface area contributed by atoms with E-state index in [1.165, 1.54) is 0 Å². The minimum absolute atomic E-state index is 0.0208. The van der Waals surface area contributed by atoms with Crippen molar-refractivity contribution in [3.8, 4) is 5.75 Å². The van der Waals surface area contributed by atoms with Crippen molar-refractivity contribution in [2.75, 3.05) is 13.2 Å². The van der Waals surface area contributed by atoms with Crippen molar-refractivity contribution in [1.29, 1.82) is 0 Å². The van der Waals surface area contributed by atoms with E-state index in [0.717, 1.165) is 67.3 Å². The number of benzene rings is 1. The molecule has 30 heavy (non-hydrogen) atoms. The lowest BCUT2D eigenvalue weighted by molar-refractivity contribution is -0.134. The molecule has 0 spiro atoms. The number of ether oxygens (including phenoxy) is 1. The number of amides is 1. The molecule has 0 N–H and O–H groups in total. The number of likely N-dealkylation sites (tertiary alicyclic amines) is 1. The summed E-state index contributed by atoms with van der Waals surface area (Å²) in [7, 11) is 0. The molecule has 1 fully saturated rings. The summed E-state index contributed by atoms with van der Waals surface area (Å²) in [4.78, 5) is 31.1. The molecule has 5 rings (SSSR count). The van der Waals surface area contributed by atoms with Crippen LogP contribution in [0.25, 0.3) is 11.0 Å². The summed E-state index contributed by atoms with van der Waals surface area (Å²) in [5.74, 6) is 0.565. The zero-order chi connectivity index (χ0) is 20.7. The molecule has 1 saturated heterocycles. The highest BCUT2D eigenvalue weighted by atomic mass is 16.5. The first-order chi connectivity index (χ1) is 14.6. The molecular formula is C23H25N3O4. The average Bonchev–Trinajstić information content (AvgIpc) is 3.50. The third-order valence-corrected chi connectivity index (χ3v) is 6.37. The van der Waals surface area contributed by atoms with E-state index in [4.69, 9.17) is 9.15 Å². The van der Waals surface area contributed by atoms with Crippen LogP contribution in [0.1, 0.15) is 36.0 Å². The molecule has 2 aromatic heterocycles. The monoisotopic (exact) mass is 407 g/mol. The molecule has 1 aromatic carbocycles. The Bertz CT molecular complexity index is 1150. The van der Waals surface area contributed by atoms with E-state index >= 15 is 0 Å². The summed E-state index contributed by atoms with van der Waals surface area (Å²) in [5, 5.41) is 0.984. The van der Waals surface area contributed by atoms with Crippen molar-refractivity contribution in [3.05, 3.63) is 58.0 Å². The molecule has 1 aliphatic heterocycles. The molecule has 2 aliphatic rings. The summed E-state index contributed by atoms with van der Waals surface area (Å²) in [6.07, 6.45) is 10.1. The van der Waals surface area contributed by atoms with Gasteiger partial charge in [-0.05, 0) is 56.7 Å². The Kier molecular flexibility index (Phi) is 4.81. The van der Waals surface area contributed by atoms with Gasteiger partial charge in [-0.3, -0.25) is 4.79 Å². The minimum Gasteiger partial charge on any atom is -0.483 e. The van der Waals surface area contributed by atoms with Gasteiger partial charge in [-0.2, -0.15) is 0 Å². The van der Waals surface area contributed by atoms with Crippen LogP contribution in [0.4, 0.5) is 0 Å². The average molecular weight is 407 g/mol. The van der Waals surface area contributed by atoms with Gasteiger partial charge >= 0.3 is 5.63 Å². The highest BCUT2D eigenvalue weighted by Crippen LogP contribution is 2.33. The number of nitrogens with zero attached hydrogens (tertiary/aromatic N) is 3. The van der Waals surface area contributed by atoms with Gasteiger partial charge in [0.25, 0.3) is 5.91 Å². The molecule has 3 aromatic rings. The van der Waals surface area contributed by atoms with E-state index < -0.39 is 0 Å². The maximum absolute atomic E-state index is 12.8. The number of aryl methyl sites for hydroxylation is 2. The Labute approximate surface area is 174 Å². The maximum atomic E-state index is 12.8. The molecule has 0 radical (unpaired) electrons. The van der Waals surface area contributed by atoms with Crippen LogP contribution >= 0.6 is 0 Å². The SMILES string of the molecule is Cc1c(OCC(=O)N2CCCC2Cn2ccnc2)ccc2c3c(c(=O)oc12)CCC3. The van der Waals surface area contributed by atoms with Crippen LogP contribution in [0.3, 0.4) is 0 Å². The lowest BCUT2D eigenvalue weighted by Crippen LogP contribution is -2.40. The summed E-state index contributed by atoms with van der Waals surface area (Å²) < 4.78 is 13.5. The third kappa shape index (κ3) is 3.28. The van der Waals surface area contributed by atoms with E-state index in [-0.39, 0.29) is 24.2 Å². The minimum atomic E-state index is -0.245. The number of rotatable bonds is 5. The van der Waals surface area contributed by atoms with E-state index in [2.05, 4.69) is 4.98 Å². The summed E-state index contributed by atoms with van der Waals surface area (Å²) in [6, 6.07) is 4.00. The van der Waals surface area contributed by atoms with Crippen molar-refractivity contribution in [1.82, 2.24) is 14.5 Å². The number of hydrogen-bond acceptors (Lipinski definition) is 5. The highest BCUT2D eigenvalue weighted by Gasteiger charge is 2.29. The van der Waals surface area contributed by atoms with Crippen LogP contribution in [0, 0.1) is 6.92 Å². The number of fused-ring (bicyclic) bond motifs is 3. The van der Waals surface area contributed by atoms with E-state index in [0.29, 0.717) is 11.3 Å². The Balaban J connectivity index is 1.32. The normalized spacial score (nSPS) is 18.2. The first-order valence-corrected chi connectivity index (χ1v) is 10.6. The van der Waals surface area contributed by atoms with Gasteiger partial charge in [-0.25, -0.2) is 9.78 Å². The number of carbonyl (C=O) groups excluding carboxylic acids is 1. The number of imidazole rings is 1. The zero-order valence-corrected chi connectivity index (χ0v) is 17.1. The van der Waals surface area contributed by atoms with Gasteiger partial charge in [0.1, 0.15) is 11.3 Å². The van der Waals surface area contributed by atoms with Gasteiger partial charge < -0.3 is 18.6 Å². The standard InChI is InChI=1S/C23H25N3O4/c1-15-20(8-7-18-17-5-2-6-19(17)23(28)30-22(15)18)29-13-21(27)26-10-3-4-16(26)12-25-11-9-24-14-25/h7-9,11,14,16H,2-6,10,12-13H2,1H3. The molecule has 1 aliphatic carbocycles. The lowest BCUT2D eigenvalue weighted by atomic mass is 10.0. The highest BCUT2D eigenvalue weighted by molar-refractivity contribution is 5.86. The maximum Gasteiger partial charge on any atom is 0.339 e. The zero-order valence-electron chi connectivity index (χ0n) is 17.1. The molecular weight excluding hydrogens is 382 g/mol. The van der Waals surface area contributed by atoms with Crippen molar-refractivity contribution in [2.24, 2.45) is 0 Å². The fourth-order valence-corrected chi connectivity index (χ4v) is 4.83. The molecule has 7 heteroatoms. The second-order valence-corrected chi connectivity index (χ2v) is 8.20. The van der Waals surface area contributed by atoms with Crippen molar-refractivity contribution < 1.29 is 13.9 Å². The van der Waals surface area contributed by atoms with Crippen LogP contribution in [0.15, 0.2) is 40.1 Å². The quantitative estimate of drug-likeness (QED) is 0.608. The Morgan fingerprint density at radius 1 is 1.27 bits per heavy atom. The Morgan fingerprint density at radius 3 is 2.97 bits per heavy atom.